The maximum atomic E-state index is 12.7. The Bertz CT molecular complexity index is 508. The summed E-state index contributed by atoms with van der Waals surface area (Å²) in [5.41, 5.74) is 1.27. The lowest BCUT2D eigenvalue weighted by Crippen LogP contribution is -2.39. The molecule has 1 aromatic carbocycles. The molecule has 3 nitrogen and oxygen atoms in total. The van der Waals surface area contributed by atoms with Crippen molar-refractivity contribution in [3.63, 3.8) is 0 Å². The number of hydrogen-bond acceptors (Lipinski definition) is 2. The van der Waals surface area contributed by atoms with Gasteiger partial charge in [-0.15, -0.1) is 0 Å². The Morgan fingerprint density at radius 2 is 2.00 bits per heavy atom. The minimum atomic E-state index is 0.206. The van der Waals surface area contributed by atoms with Gasteiger partial charge in [-0.25, -0.2) is 0 Å². The van der Waals surface area contributed by atoms with Gasteiger partial charge >= 0.3 is 0 Å². The van der Waals surface area contributed by atoms with Crippen LogP contribution in [0.1, 0.15) is 44.6 Å². The van der Waals surface area contributed by atoms with Crippen LogP contribution in [0, 0.1) is 11.8 Å². The zero-order chi connectivity index (χ0) is 15.0. The van der Waals surface area contributed by atoms with Crippen molar-refractivity contribution in [3.05, 3.63) is 29.8 Å². The Balaban J connectivity index is 1.65. The predicted molar refractivity (Wildman–Crippen MR) is 83.4 cm³/mol. The molecule has 1 heterocycles. The summed E-state index contributed by atoms with van der Waals surface area (Å²) in [6.07, 6.45) is 3.34. The number of rotatable bonds is 4. The molecule has 0 aromatic heterocycles. The fourth-order valence-corrected chi connectivity index (χ4v) is 3.66. The molecule has 0 radical (unpaired) electrons. The monoisotopic (exact) mass is 287 g/mol. The second-order valence-corrected chi connectivity index (χ2v) is 6.71. The van der Waals surface area contributed by atoms with Gasteiger partial charge in [0.05, 0.1) is 7.11 Å². The maximum Gasteiger partial charge on any atom is 0.226 e. The third-order valence-corrected chi connectivity index (χ3v) is 5.00. The molecule has 2 fully saturated rings. The highest BCUT2D eigenvalue weighted by Crippen LogP contribution is 2.49. The van der Waals surface area contributed by atoms with Crippen LogP contribution < -0.4 is 4.74 Å². The lowest BCUT2D eigenvalue weighted by atomic mass is 10.0. The van der Waals surface area contributed by atoms with E-state index in [0.29, 0.717) is 23.8 Å². The Morgan fingerprint density at radius 1 is 1.29 bits per heavy atom. The standard InChI is InChI=1S/C18H25NO2/c1-12(2)17-5-4-10-19(17)18(20)16-11-15(16)13-6-8-14(21-3)9-7-13/h6-9,12,15-17H,4-5,10-11H2,1-3H3/t15-,16-,17+/m0/s1. The minimum absolute atomic E-state index is 0.206. The summed E-state index contributed by atoms with van der Waals surface area (Å²) in [6.45, 7) is 5.40. The fraction of sp³-hybridized carbons (Fsp3) is 0.611. The van der Waals surface area contributed by atoms with Gasteiger partial charge in [-0.1, -0.05) is 26.0 Å². The molecule has 1 aliphatic heterocycles. The number of ether oxygens (including phenoxy) is 1. The molecule has 0 N–H and O–H groups in total. The number of nitrogens with zero attached hydrogens (tertiary/aromatic N) is 1. The highest BCUT2D eigenvalue weighted by molar-refractivity contribution is 5.83. The molecule has 2 aliphatic rings. The molecule has 1 saturated heterocycles. The number of carbonyl (C=O) groups is 1. The van der Waals surface area contributed by atoms with Crippen molar-refractivity contribution in [2.24, 2.45) is 11.8 Å². The van der Waals surface area contributed by atoms with E-state index in [9.17, 15) is 4.79 Å². The summed E-state index contributed by atoms with van der Waals surface area (Å²) < 4.78 is 5.19. The second kappa shape index (κ2) is 5.70. The van der Waals surface area contributed by atoms with Crippen LogP contribution in [-0.4, -0.2) is 30.5 Å². The van der Waals surface area contributed by atoms with E-state index in [-0.39, 0.29) is 5.92 Å². The van der Waals surface area contributed by atoms with Crippen molar-refractivity contribution in [2.45, 2.75) is 45.1 Å². The first-order valence-corrected chi connectivity index (χ1v) is 8.06. The van der Waals surface area contributed by atoms with Gasteiger partial charge in [-0.3, -0.25) is 4.79 Å². The Labute approximate surface area is 127 Å². The molecule has 1 saturated carbocycles. The van der Waals surface area contributed by atoms with Gasteiger partial charge in [0, 0.05) is 18.5 Å². The van der Waals surface area contributed by atoms with Gasteiger partial charge < -0.3 is 9.64 Å². The van der Waals surface area contributed by atoms with E-state index in [1.807, 2.05) is 12.1 Å². The largest absolute Gasteiger partial charge is 0.497 e. The molecule has 0 unspecified atom stereocenters. The van der Waals surface area contributed by atoms with E-state index >= 15 is 0 Å². The summed E-state index contributed by atoms with van der Waals surface area (Å²) in [7, 11) is 1.68. The first kappa shape index (κ1) is 14.4. The van der Waals surface area contributed by atoms with Crippen LogP contribution in [0.2, 0.25) is 0 Å². The average molecular weight is 287 g/mol. The van der Waals surface area contributed by atoms with Crippen molar-refractivity contribution in [3.8, 4) is 5.75 Å². The molecule has 114 valence electrons. The van der Waals surface area contributed by atoms with Crippen molar-refractivity contribution < 1.29 is 9.53 Å². The number of benzene rings is 1. The molecule has 1 aliphatic carbocycles. The number of carbonyl (C=O) groups excluding carboxylic acids is 1. The molecular formula is C18H25NO2. The smallest absolute Gasteiger partial charge is 0.226 e. The summed E-state index contributed by atoms with van der Waals surface area (Å²) in [6, 6.07) is 8.63. The van der Waals surface area contributed by atoms with Crippen LogP contribution in [0.5, 0.6) is 5.75 Å². The van der Waals surface area contributed by atoms with Crippen LogP contribution in [-0.2, 0) is 4.79 Å². The van der Waals surface area contributed by atoms with Crippen molar-refractivity contribution in [1.82, 2.24) is 4.90 Å². The zero-order valence-corrected chi connectivity index (χ0v) is 13.2. The van der Waals surface area contributed by atoms with Gasteiger partial charge in [0.2, 0.25) is 5.91 Å². The number of methoxy groups -OCH3 is 1. The summed E-state index contributed by atoms with van der Waals surface area (Å²) in [5.74, 6) is 2.44. The van der Waals surface area contributed by atoms with Gasteiger partial charge in [0.1, 0.15) is 5.75 Å². The van der Waals surface area contributed by atoms with Gasteiger partial charge in [-0.2, -0.15) is 0 Å². The third-order valence-electron chi connectivity index (χ3n) is 5.00. The van der Waals surface area contributed by atoms with Gasteiger partial charge in [-0.05, 0) is 48.8 Å². The summed E-state index contributed by atoms with van der Waals surface area (Å²) in [4.78, 5) is 14.9. The lowest BCUT2D eigenvalue weighted by molar-refractivity contribution is -0.134. The van der Waals surface area contributed by atoms with Crippen LogP contribution in [0.25, 0.3) is 0 Å². The first-order valence-electron chi connectivity index (χ1n) is 8.06. The third kappa shape index (κ3) is 2.78. The van der Waals surface area contributed by atoms with E-state index in [4.69, 9.17) is 4.74 Å². The van der Waals surface area contributed by atoms with Crippen LogP contribution in [0.3, 0.4) is 0 Å². The quantitative estimate of drug-likeness (QED) is 0.849. The van der Waals surface area contributed by atoms with Crippen molar-refractivity contribution in [2.75, 3.05) is 13.7 Å². The summed E-state index contributed by atoms with van der Waals surface area (Å²) in [5, 5.41) is 0. The average Bonchev–Trinajstić information content (AvgIpc) is 3.13. The molecule has 21 heavy (non-hydrogen) atoms. The Hall–Kier alpha value is -1.51. The van der Waals surface area contributed by atoms with Crippen molar-refractivity contribution >= 4 is 5.91 Å². The lowest BCUT2D eigenvalue weighted by Gasteiger charge is -2.28. The van der Waals surface area contributed by atoms with Crippen LogP contribution in [0.4, 0.5) is 0 Å². The van der Waals surface area contributed by atoms with E-state index in [1.54, 1.807) is 7.11 Å². The highest BCUT2D eigenvalue weighted by Gasteiger charge is 2.47. The van der Waals surface area contributed by atoms with E-state index < -0.39 is 0 Å². The molecule has 0 bridgehead atoms. The molecular weight excluding hydrogens is 262 g/mol. The molecule has 0 spiro atoms. The SMILES string of the molecule is COc1ccc([C@@H]2C[C@@H]2C(=O)N2CCC[C@@H]2C(C)C)cc1. The fourth-order valence-electron chi connectivity index (χ4n) is 3.66. The second-order valence-electron chi connectivity index (χ2n) is 6.71. The molecule has 3 rings (SSSR count). The van der Waals surface area contributed by atoms with E-state index in [1.165, 1.54) is 12.0 Å². The highest BCUT2D eigenvalue weighted by atomic mass is 16.5. The zero-order valence-electron chi connectivity index (χ0n) is 13.2. The normalized spacial score (nSPS) is 28.0. The van der Waals surface area contributed by atoms with E-state index in [2.05, 4.69) is 30.9 Å². The minimum Gasteiger partial charge on any atom is -0.497 e. The van der Waals surface area contributed by atoms with E-state index in [0.717, 1.165) is 25.1 Å². The molecule has 3 atom stereocenters. The topological polar surface area (TPSA) is 29.5 Å². The van der Waals surface area contributed by atoms with Crippen molar-refractivity contribution in [1.29, 1.82) is 0 Å². The number of amides is 1. The Morgan fingerprint density at radius 3 is 2.62 bits per heavy atom. The maximum absolute atomic E-state index is 12.7. The molecule has 3 heteroatoms. The van der Waals surface area contributed by atoms with Gasteiger partial charge in [0.25, 0.3) is 0 Å². The number of likely N-dealkylation sites (tertiary alicyclic amines) is 1. The first-order chi connectivity index (χ1) is 10.1. The Kier molecular flexibility index (Phi) is 3.92. The summed E-state index contributed by atoms with van der Waals surface area (Å²) >= 11 is 0. The molecule has 1 amide bonds. The predicted octanol–water partition coefficient (Wildman–Crippen LogP) is 3.45. The van der Waals surface area contributed by atoms with Crippen LogP contribution >= 0.6 is 0 Å². The molecule has 1 aromatic rings. The van der Waals surface area contributed by atoms with Gasteiger partial charge in [0.15, 0.2) is 0 Å². The number of hydrogen-bond donors (Lipinski definition) is 0. The van der Waals surface area contributed by atoms with Crippen LogP contribution in [0.15, 0.2) is 24.3 Å².